The highest BCUT2D eigenvalue weighted by atomic mass is 35.5. The Balaban J connectivity index is 2.93. The first-order valence-electron chi connectivity index (χ1n) is 5.18. The van der Waals surface area contributed by atoms with Crippen LogP contribution in [0.2, 0.25) is 5.15 Å². The van der Waals surface area contributed by atoms with Gasteiger partial charge in [0.15, 0.2) is 0 Å². The number of aliphatic hydroxyl groups is 2. The molecule has 1 atom stereocenters. The van der Waals surface area contributed by atoms with Gasteiger partial charge in [-0.05, 0) is 13.0 Å². The largest absolute Gasteiger partial charge is 0.393 e. The van der Waals surface area contributed by atoms with Crippen molar-refractivity contribution in [1.82, 2.24) is 10.3 Å². The number of nitro groups is 1. The molecule has 0 spiro atoms. The zero-order valence-electron chi connectivity index (χ0n) is 9.96. The van der Waals surface area contributed by atoms with Crippen molar-refractivity contribution < 1.29 is 19.9 Å². The number of aromatic nitrogens is 1. The topological polar surface area (TPSA) is 126 Å². The third-order valence-electron chi connectivity index (χ3n) is 2.26. The van der Waals surface area contributed by atoms with Crippen LogP contribution in [-0.4, -0.2) is 44.8 Å². The number of hydrogen-bond acceptors (Lipinski definition) is 6. The van der Waals surface area contributed by atoms with E-state index in [2.05, 4.69) is 10.3 Å². The van der Waals surface area contributed by atoms with Gasteiger partial charge in [0.1, 0.15) is 22.5 Å². The Kier molecular flexibility index (Phi) is 4.76. The van der Waals surface area contributed by atoms with E-state index in [9.17, 15) is 20.0 Å². The molecule has 19 heavy (non-hydrogen) atoms. The standard InChI is InChI=1S/C10H12ClN3O5/c1-10(17,5-15)4-13-9(16)6-2-8(11)12-3-7(6)14(18)19/h2-3,15,17H,4-5H2,1H3,(H,13,16). The number of nitrogens with one attached hydrogen (secondary N) is 1. The molecule has 9 heteroatoms. The Morgan fingerprint density at radius 1 is 1.68 bits per heavy atom. The number of carbonyl (C=O) groups excluding carboxylic acids is 1. The molecule has 0 saturated heterocycles. The molecule has 1 rings (SSSR count). The number of aliphatic hydroxyl groups excluding tert-OH is 1. The molecule has 0 bridgehead atoms. The second-order valence-corrected chi connectivity index (χ2v) is 4.51. The zero-order valence-corrected chi connectivity index (χ0v) is 10.7. The first-order chi connectivity index (χ1) is 8.76. The number of carbonyl (C=O) groups is 1. The lowest BCUT2D eigenvalue weighted by molar-refractivity contribution is -0.385. The molecule has 0 aliphatic heterocycles. The van der Waals surface area contributed by atoms with Crippen molar-refractivity contribution in [2.45, 2.75) is 12.5 Å². The fraction of sp³-hybridized carbons (Fsp3) is 0.400. The maximum Gasteiger partial charge on any atom is 0.300 e. The predicted molar refractivity (Wildman–Crippen MR) is 65.9 cm³/mol. The minimum Gasteiger partial charge on any atom is -0.393 e. The van der Waals surface area contributed by atoms with Crippen molar-refractivity contribution in [2.75, 3.05) is 13.2 Å². The minimum absolute atomic E-state index is 0.0651. The molecule has 1 heterocycles. The van der Waals surface area contributed by atoms with Crippen molar-refractivity contribution >= 4 is 23.2 Å². The molecule has 8 nitrogen and oxygen atoms in total. The number of pyridine rings is 1. The van der Waals surface area contributed by atoms with Gasteiger partial charge in [0.05, 0.1) is 11.5 Å². The Bertz CT molecular complexity index is 506. The van der Waals surface area contributed by atoms with E-state index in [0.717, 1.165) is 12.3 Å². The number of nitrogens with zero attached hydrogens (tertiary/aromatic N) is 2. The highest BCUT2D eigenvalue weighted by Crippen LogP contribution is 2.20. The van der Waals surface area contributed by atoms with Gasteiger partial charge >= 0.3 is 0 Å². The molecule has 1 amide bonds. The highest BCUT2D eigenvalue weighted by Gasteiger charge is 2.24. The minimum atomic E-state index is -1.51. The van der Waals surface area contributed by atoms with Gasteiger partial charge in [-0.1, -0.05) is 11.6 Å². The summed E-state index contributed by atoms with van der Waals surface area (Å²) < 4.78 is 0. The highest BCUT2D eigenvalue weighted by molar-refractivity contribution is 6.29. The predicted octanol–water partition coefficient (Wildman–Crippen LogP) is 0.116. The van der Waals surface area contributed by atoms with Crippen LogP contribution < -0.4 is 5.32 Å². The van der Waals surface area contributed by atoms with E-state index in [4.69, 9.17) is 16.7 Å². The second kappa shape index (κ2) is 5.91. The van der Waals surface area contributed by atoms with Crippen molar-refractivity contribution in [3.8, 4) is 0 Å². The molecule has 3 N–H and O–H groups in total. The zero-order chi connectivity index (χ0) is 14.6. The summed E-state index contributed by atoms with van der Waals surface area (Å²) in [4.78, 5) is 25.3. The SMILES string of the molecule is CC(O)(CO)CNC(=O)c1cc(Cl)ncc1[N+](=O)[O-]. The summed E-state index contributed by atoms with van der Waals surface area (Å²) in [5.74, 6) is -0.787. The lowest BCUT2D eigenvalue weighted by Gasteiger charge is -2.20. The molecule has 1 unspecified atom stereocenters. The van der Waals surface area contributed by atoms with Crippen molar-refractivity contribution in [3.63, 3.8) is 0 Å². The molecule has 1 aromatic heterocycles. The van der Waals surface area contributed by atoms with Crippen LogP contribution >= 0.6 is 11.6 Å². The number of halogens is 1. The average Bonchev–Trinajstić information content (AvgIpc) is 2.35. The number of rotatable bonds is 5. The second-order valence-electron chi connectivity index (χ2n) is 4.12. The molecule has 0 radical (unpaired) electrons. The molecule has 0 fully saturated rings. The maximum atomic E-state index is 11.8. The Hall–Kier alpha value is -1.77. The summed E-state index contributed by atoms with van der Waals surface area (Å²) in [6, 6.07) is 1.06. The molecule has 0 aliphatic rings. The lowest BCUT2D eigenvalue weighted by Crippen LogP contribution is -2.43. The third-order valence-corrected chi connectivity index (χ3v) is 2.47. The summed E-state index contributed by atoms with van der Waals surface area (Å²) in [5, 5.41) is 31.3. The normalized spacial score (nSPS) is 13.7. The van der Waals surface area contributed by atoms with Crippen LogP contribution in [0.3, 0.4) is 0 Å². The van der Waals surface area contributed by atoms with Crippen LogP contribution in [0.5, 0.6) is 0 Å². The van der Waals surface area contributed by atoms with E-state index in [1.54, 1.807) is 0 Å². The van der Waals surface area contributed by atoms with Gasteiger partial charge in [0.25, 0.3) is 11.6 Å². The molecule has 0 aliphatic carbocycles. The third kappa shape index (κ3) is 4.12. The fourth-order valence-corrected chi connectivity index (χ4v) is 1.33. The maximum absolute atomic E-state index is 11.8. The van der Waals surface area contributed by atoms with Crippen molar-refractivity contribution in [3.05, 3.63) is 33.1 Å². The first-order valence-corrected chi connectivity index (χ1v) is 5.56. The van der Waals surface area contributed by atoms with Crippen LogP contribution in [0, 0.1) is 10.1 Å². The van der Waals surface area contributed by atoms with E-state index < -0.39 is 28.7 Å². The monoisotopic (exact) mass is 289 g/mol. The molecular weight excluding hydrogens is 278 g/mol. The summed E-state index contributed by atoms with van der Waals surface area (Å²) in [5.41, 5.74) is -2.27. The fourth-order valence-electron chi connectivity index (χ4n) is 1.17. The first kappa shape index (κ1) is 15.3. The van der Waals surface area contributed by atoms with E-state index >= 15 is 0 Å². The van der Waals surface area contributed by atoms with Gasteiger partial charge in [0.2, 0.25) is 0 Å². The lowest BCUT2D eigenvalue weighted by atomic mass is 10.1. The summed E-state index contributed by atoms with van der Waals surface area (Å²) in [6.07, 6.45) is 0.876. The van der Waals surface area contributed by atoms with Crippen LogP contribution in [0.25, 0.3) is 0 Å². The Morgan fingerprint density at radius 3 is 2.84 bits per heavy atom. The Labute approximate surface area is 113 Å². The molecule has 1 aromatic rings. The summed E-state index contributed by atoms with van der Waals surface area (Å²) in [6.45, 7) is 0.479. The van der Waals surface area contributed by atoms with Gasteiger partial charge in [0, 0.05) is 6.54 Å². The molecular formula is C10H12ClN3O5. The smallest absolute Gasteiger partial charge is 0.300 e. The quantitative estimate of drug-likeness (QED) is 0.401. The summed E-state index contributed by atoms with van der Waals surface area (Å²) in [7, 11) is 0. The van der Waals surface area contributed by atoms with E-state index in [1.807, 2.05) is 0 Å². The van der Waals surface area contributed by atoms with Gasteiger partial charge in [-0.15, -0.1) is 0 Å². The van der Waals surface area contributed by atoms with E-state index in [0.29, 0.717) is 0 Å². The van der Waals surface area contributed by atoms with Gasteiger partial charge in [-0.2, -0.15) is 0 Å². The molecule has 104 valence electrons. The van der Waals surface area contributed by atoms with Crippen LogP contribution in [0.1, 0.15) is 17.3 Å². The van der Waals surface area contributed by atoms with Crippen LogP contribution in [-0.2, 0) is 0 Å². The van der Waals surface area contributed by atoms with Crippen LogP contribution in [0.4, 0.5) is 5.69 Å². The van der Waals surface area contributed by atoms with Gasteiger partial charge in [-0.3, -0.25) is 14.9 Å². The van der Waals surface area contributed by atoms with Gasteiger partial charge in [-0.25, -0.2) is 4.98 Å². The van der Waals surface area contributed by atoms with E-state index in [-0.39, 0.29) is 17.3 Å². The van der Waals surface area contributed by atoms with Crippen LogP contribution in [0.15, 0.2) is 12.3 Å². The van der Waals surface area contributed by atoms with Gasteiger partial charge < -0.3 is 15.5 Å². The number of hydrogen-bond donors (Lipinski definition) is 3. The molecule has 0 aromatic carbocycles. The molecule has 0 saturated carbocycles. The summed E-state index contributed by atoms with van der Waals surface area (Å²) >= 11 is 5.58. The Morgan fingerprint density at radius 2 is 2.32 bits per heavy atom. The van der Waals surface area contributed by atoms with Crippen molar-refractivity contribution in [2.24, 2.45) is 0 Å². The average molecular weight is 290 g/mol. The van der Waals surface area contributed by atoms with Crippen molar-refractivity contribution in [1.29, 1.82) is 0 Å². The van der Waals surface area contributed by atoms with E-state index in [1.165, 1.54) is 6.92 Å². The number of amides is 1.